The number of imidazole rings is 1. The van der Waals surface area contributed by atoms with Crippen molar-refractivity contribution in [1.82, 2.24) is 14.5 Å². The Labute approximate surface area is 153 Å². The molecular weight excluding hydrogens is 332 g/mol. The van der Waals surface area contributed by atoms with Crippen molar-refractivity contribution in [2.24, 2.45) is 0 Å². The second kappa shape index (κ2) is 8.39. The fourth-order valence-corrected chi connectivity index (χ4v) is 4.31. The van der Waals surface area contributed by atoms with Crippen LogP contribution in [0.15, 0.2) is 29.4 Å². The lowest BCUT2D eigenvalue weighted by atomic mass is 10.2. The first-order chi connectivity index (χ1) is 12.2. The Balaban J connectivity index is 1.79. The summed E-state index contributed by atoms with van der Waals surface area (Å²) in [6.07, 6.45) is 5.07. The van der Waals surface area contributed by atoms with E-state index in [1.807, 2.05) is 36.1 Å². The van der Waals surface area contributed by atoms with E-state index in [4.69, 9.17) is 10.2 Å². The van der Waals surface area contributed by atoms with Gasteiger partial charge >= 0.3 is 0 Å². The molecule has 1 unspecified atom stereocenters. The van der Waals surface area contributed by atoms with Crippen LogP contribution in [-0.4, -0.2) is 38.7 Å². The zero-order valence-electron chi connectivity index (χ0n) is 14.6. The highest BCUT2D eigenvalue weighted by Gasteiger charge is 2.24. The summed E-state index contributed by atoms with van der Waals surface area (Å²) in [6.45, 7) is 4.30. The topological polar surface area (TPSA) is 61.9 Å². The van der Waals surface area contributed by atoms with Crippen molar-refractivity contribution in [3.05, 3.63) is 24.3 Å². The molecule has 0 N–H and O–H groups in total. The van der Waals surface area contributed by atoms with Gasteiger partial charge in [0.1, 0.15) is 0 Å². The number of aromatic nitrogens is 2. The molecule has 1 aromatic heterocycles. The van der Waals surface area contributed by atoms with Gasteiger partial charge < -0.3 is 9.47 Å². The van der Waals surface area contributed by atoms with Crippen LogP contribution >= 0.6 is 11.8 Å². The predicted octanol–water partition coefficient (Wildman–Crippen LogP) is 3.83. The highest BCUT2D eigenvalue weighted by molar-refractivity contribution is 8.00. The van der Waals surface area contributed by atoms with E-state index in [2.05, 4.69) is 10.6 Å². The average molecular weight is 356 g/mol. The molecule has 0 saturated carbocycles. The highest BCUT2D eigenvalue weighted by atomic mass is 32.2. The molecule has 25 heavy (non-hydrogen) atoms. The van der Waals surface area contributed by atoms with Gasteiger partial charge in [0.25, 0.3) is 0 Å². The van der Waals surface area contributed by atoms with Crippen LogP contribution in [0.25, 0.3) is 11.0 Å². The first-order valence-electron chi connectivity index (χ1n) is 8.98. The summed E-state index contributed by atoms with van der Waals surface area (Å²) in [5.41, 5.74) is 1.94. The summed E-state index contributed by atoms with van der Waals surface area (Å²) >= 11 is 1.51. The van der Waals surface area contributed by atoms with Crippen LogP contribution in [0.4, 0.5) is 0 Å². The number of aryl methyl sites for hydroxylation is 1. The third-order valence-electron chi connectivity index (χ3n) is 4.61. The number of fused-ring (bicyclic) bond motifs is 1. The number of benzene rings is 1. The van der Waals surface area contributed by atoms with E-state index in [1.165, 1.54) is 24.6 Å². The third kappa shape index (κ3) is 4.16. The number of nitriles is 1. The van der Waals surface area contributed by atoms with Crippen LogP contribution < -0.4 is 0 Å². The van der Waals surface area contributed by atoms with Gasteiger partial charge in [-0.1, -0.05) is 36.7 Å². The number of para-hydroxylation sites is 2. The average Bonchev–Trinajstić information content (AvgIpc) is 2.79. The molecule has 1 aromatic carbocycles. The quantitative estimate of drug-likeness (QED) is 0.764. The molecule has 1 aliphatic rings. The predicted molar refractivity (Wildman–Crippen MR) is 100 cm³/mol. The fourth-order valence-electron chi connectivity index (χ4n) is 3.28. The van der Waals surface area contributed by atoms with E-state index in [0.717, 1.165) is 42.1 Å². The Morgan fingerprint density at radius 3 is 2.72 bits per heavy atom. The Morgan fingerprint density at radius 2 is 2.00 bits per heavy atom. The standard InChI is InChI=1S/C19H24N4OS/c1-15(18(24)22-12-6-2-3-7-13-22)25-19-21-16-9-4-5-10-17(16)23(19)14-8-11-20/h4-5,9-10,15H,2-3,6-8,12-14H2,1H3. The molecule has 0 spiro atoms. The molecular formula is C19H24N4OS. The van der Waals surface area contributed by atoms with Crippen LogP contribution in [0.1, 0.15) is 39.0 Å². The Bertz CT molecular complexity index is 771. The zero-order chi connectivity index (χ0) is 17.6. The normalized spacial score (nSPS) is 16.4. The molecule has 1 atom stereocenters. The largest absolute Gasteiger partial charge is 0.342 e. The molecule has 1 amide bonds. The lowest BCUT2D eigenvalue weighted by molar-refractivity contribution is -0.130. The van der Waals surface area contributed by atoms with Gasteiger partial charge in [-0.3, -0.25) is 4.79 Å². The number of thioether (sulfide) groups is 1. The van der Waals surface area contributed by atoms with Crippen LogP contribution in [0.3, 0.4) is 0 Å². The molecule has 3 rings (SSSR count). The van der Waals surface area contributed by atoms with Gasteiger partial charge in [0.05, 0.1) is 28.8 Å². The first-order valence-corrected chi connectivity index (χ1v) is 9.86. The van der Waals surface area contributed by atoms with Crippen molar-refractivity contribution in [3.63, 3.8) is 0 Å². The van der Waals surface area contributed by atoms with Gasteiger partial charge in [0.15, 0.2) is 5.16 Å². The Hall–Kier alpha value is -2.00. The van der Waals surface area contributed by atoms with Crippen LogP contribution in [-0.2, 0) is 11.3 Å². The lowest BCUT2D eigenvalue weighted by Gasteiger charge is -2.23. The Morgan fingerprint density at radius 1 is 1.28 bits per heavy atom. The smallest absolute Gasteiger partial charge is 0.235 e. The van der Waals surface area contributed by atoms with Crippen molar-refractivity contribution in [3.8, 4) is 6.07 Å². The van der Waals surface area contributed by atoms with E-state index in [0.29, 0.717) is 13.0 Å². The fraction of sp³-hybridized carbons (Fsp3) is 0.526. The maximum Gasteiger partial charge on any atom is 0.235 e. The zero-order valence-corrected chi connectivity index (χ0v) is 15.5. The summed E-state index contributed by atoms with van der Waals surface area (Å²) in [5, 5.41) is 9.60. The van der Waals surface area contributed by atoms with Crippen LogP contribution in [0.5, 0.6) is 0 Å². The number of nitrogens with zero attached hydrogens (tertiary/aromatic N) is 4. The maximum atomic E-state index is 12.8. The maximum absolute atomic E-state index is 12.8. The van der Waals surface area contributed by atoms with E-state index in [1.54, 1.807) is 0 Å². The highest BCUT2D eigenvalue weighted by Crippen LogP contribution is 2.28. The van der Waals surface area contributed by atoms with Crippen molar-refractivity contribution in [2.45, 2.75) is 56.0 Å². The van der Waals surface area contributed by atoms with Crippen molar-refractivity contribution in [2.75, 3.05) is 13.1 Å². The number of rotatable bonds is 5. The SMILES string of the molecule is CC(Sc1nc2ccccc2n1CCC#N)C(=O)N1CCCCCC1. The summed E-state index contributed by atoms with van der Waals surface area (Å²) in [4.78, 5) is 19.5. The van der Waals surface area contributed by atoms with Gasteiger partial charge in [0.2, 0.25) is 5.91 Å². The number of carbonyl (C=O) groups is 1. The monoisotopic (exact) mass is 356 g/mol. The van der Waals surface area contributed by atoms with E-state index in [-0.39, 0.29) is 11.2 Å². The third-order valence-corrected chi connectivity index (χ3v) is 5.69. The molecule has 1 fully saturated rings. The summed E-state index contributed by atoms with van der Waals surface area (Å²) < 4.78 is 2.06. The molecule has 5 nitrogen and oxygen atoms in total. The van der Waals surface area contributed by atoms with E-state index < -0.39 is 0 Å². The van der Waals surface area contributed by atoms with Gasteiger partial charge in [-0.15, -0.1) is 0 Å². The molecule has 1 aliphatic heterocycles. The summed E-state index contributed by atoms with van der Waals surface area (Å²) in [5.74, 6) is 0.200. The van der Waals surface area contributed by atoms with E-state index >= 15 is 0 Å². The first kappa shape index (κ1) is 17.8. The van der Waals surface area contributed by atoms with Gasteiger partial charge in [-0.2, -0.15) is 5.26 Å². The van der Waals surface area contributed by atoms with Gasteiger partial charge in [0, 0.05) is 19.6 Å². The minimum atomic E-state index is -0.171. The number of hydrogen-bond donors (Lipinski definition) is 0. The summed E-state index contributed by atoms with van der Waals surface area (Å²) in [7, 11) is 0. The molecule has 2 heterocycles. The second-order valence-electron chi connectivity index (χ2n) is 6.44. The molecule has 132 valence electrons. The molecule has 1 saturated heterocycles. The van der Waals surface area contributed by atoms with Crippen molar-refractivity contribution < 1.29 is 4.79 Å². The minimum Gasteiger partial charge on any atom is -0.342 e. The van der Waals surface area contributed by atoms with Crippen molar-refractivity contribution in [1.29, 1.82) is 5.26 Å². The van der Waals surface area contributed by atoms with E-state index in [9.17, 15) is 4.79 Å². The number of carbonyl (C=O) groups excluding carboxylic acids is 1. The molecule has 0 radical (unpaired) electrons. The van der Waals surface area contributed by atoms with Gasteiger partial charge in [-0.05, 0) is 31.9 Å². The summed E-state index contributed by atoms with van der Waals surface area (Å²) in [6, 6.07) is 10.1. The number of amides is 1. The van der Waals surface area contributed by atoms with Crippen LogP contribution in [0, 0.1) is 11.3 Å². The molecule has 0 aliphatic carbocycles. The van der Waals surface area contributed by atoms with Crippen LogP contribution in [0.2, 0.25) is 0 Å². The molecule has 2 aromatic rings. The lowest BCUT2D eigenvalue weighted by Crippen LogP contribution is -2.37. The molecule has 0 bridgehead atoms. The minimum absolute atomic E-state index is 0.171. The number of likely N-dealkylation sites (tertiary alicyclic amines) is 1. The second-order valence-corrected chi connectivity index (χ2v) is 7.75. The van der Waals surface area contributed by atoms with Crippen molar-refractivity contribution >= 4 is 28.7 Å². The molecule has 6 heteroatoms. The Kier molecular flexibility index (Phi) is 5.98. The number of hydrogen-bond acceptors (Lipinski definition) is 4. The van der Waals surface area contributed by atoms with Gasteiger partial charge in [-0.25, -0.2) is 4.98 Å².